The molecule has 0 aliphatic rings. The van der Waals surface area contributed by atoms with Crippen LogP contribution in [0, 0.1) is 0 Å². The van der Waals surface area contributed by atoms with Crippen LogP contribution in [-0.4, -0.2) is 62.3 Å². The summed E-state index contributed by atoms with van der Waals surface area (Å²) >= 11 is 0. The molecule has 0 saturated heterocycles. The standard InChI is InChI=1S/C14H30N.C10H22N/c1-5-8-9-10-11-12-14-15(4,7-3)13-6-2;1-5-8-10-11(4,7-3)9-6-2/h6H,2,5,7-14H2,1,3-4H3;6H,2,5,7-10H2,1,3-4H3/q2*+1. The fourth-order valence-electron chi connectivity index (χ4n) is 3.19. The minimum absolute atomic E-state index is 1.11. The Labute approximate surface area is 167 Å². The molecule has 0 heterocycles. The molecule has 2 heteroatoms. The molecule has 2 atom stereocenters. The Morgan fingerprint density at radius 3 is 1.35 bits per heavy atom. The third kappa shape index (κ3) is 15.6. The fraction of sp³-hybridized carbons (Fsp3) is 0.833. The molecule has 26 heavy (non-hydrogen) atoms. The van der Waals surface area contributed by atoms with Crippen LogP contribution in [0.15, 0.2) is 25.3 Å². The van der Waals surface area contributed by atoms with Gasteiger partial charge in [-0.15, -0.1) is 0 Å². The third-order valence-corrected chi connectivity index (χ3v) is 5.77. The smallest absolute Gasteiger partial charge is 0.0968 e. The second-order valence-corrected chi connectivity index (χ2v) is 8.38. The summed E-state index contributed by atoms with van der Waals surface area (Å²) in [6, 6.07) is 0. The van der Waals surface area contributed by atoms with Gasteiger partial charge < -0.3 is 8.97 Å². The second kappa shape index (κ2) is 17.8. The van der Waals surface area contributed by atoms with E-state index in [1.165, 1.54) is 77.5 Å². The monoisotopic (exact) mass is 368 g/mol. The van der Waals surface area contributed by atoms with Crippen molar-refractivity contribution in [3.63, 3.8) is 0 Å². The summed E-state index contributed by atoms with van der Waals surface area (Å²) in [7, 11) is 4.64. The first-order chi connectivity index (χ1) is 12.4. The second-order valence-electron chi connectivity index (χ2n) is 8.38. The largest absolute Gasteiger partial charge is 0.323 e. The zero-order valence-corrected chi connectivity index (χ0v) is 19.4. The average molecular weight is 369 g/mol. The molecule has 156 valence electrons. The number of unbranched alkanes of at least 4 members (excludes halogenated alkanes) is 6. The topological polar surface area (TPSA) is 0 Å². The zero-order chi connectivity index (χ0) is 20.3. The van der Waals surface area contributed by atoms with E-state index in [2.05, 4.69) is 61.0 Å². The summed E-state index contributed by atoms with van der Waals surface area (Å²) in [5, 5.41) is 0. The minimum atomic E-state index is 1.11. The number of hydrogen-bond acceptors (Lipinski definition) is 0. The van der Waals surface area contributed by atoms with Gasteiger partial charge in [-0.25, -0.2) is 0 Å². The van der Waals surface area contributed by atoms with E-state index < -0.39 is 0 Å². The van der Waals surface area contributed by atoms with Crippen molar-refractivity contribution in [1.29, 1.82) is 0 Å². The molecule has 0 N–H and O–H groups in total. The van der Waals surface area contributed by atoms with Gasteiger partial charge in [-0.1, -0.05) is 59.1 Å². The average Bonchev–Trinajstić information content (AvgIpc) is 2.64. The maximum absolute atomic E-state index is 3.85. The Balaban J connectivity index is 0. The fourth-order valence-corrected chi connectivity index (χ4v) is 3.19. The van der Waals surface area contributed by atoms with Gasteiger partial charge in [0.25, 0.3) is 0 Å². The molecule has 0 aliphatic heterocycles. The van der Waals surface area contributed by atoms with Gasteiger partial charge in [-0.3, -0.25) is 0 Å². The molecule has 0 rings (SSSR count). The van der Waals surface area contributed by atoms with Gasteiger partial charge in [0.15, 0.2) is 0 Å². The van der Waals surface area contributed by atoms with Crippen LogP contribution in [0.5, 0.6) is 0 Å². The summed E-state index contributed by atoms with van der Waals surface area (Å²) in [4.78, 5) is 0. The number of hydrogen-bond donors (Lipinski definition) is 0. The molecule has 0 spiro atoms. The Morgan fingerprint density at radius 2 is 0.962 bits per heavy atom. The van der Waals surface area contributed by atoms with Crippen molar-refractivity contribution in [3.8, 4) is 0 Å². The minimum Gasteiger partial charge on any atom is -0.323 e. The first-order valence-corrected chi connectivity index (χ1v) is 11.3. The quantitative estimate of drug-likeness (QED) is 0.167. The first-order valence-electron chi connectivity index (χ1n) is 11.3. The van der Waals surface area contributed by atoms with Crippen LogP contribution < -0.4 is 0 Å². The van der Waals surface area contributed by atoms with Gasteiger partial charge in [-0.05, 0) is 45.3 Å². The summed E-state index contributed by atoms with van der Waals surface area (Å²) in [6.45, 7) is 23.9. The lowest BCUT2D eigenvalue weighted by Crippen LogP contribution is -2.44. The number of quaternary nitrogens is 2. The van der Waals surface area contributed by atoms with Crippen molar-refractivity contribution in [2.24, 2.45) is 0 Å². The number of rotatable bonds is 16. The van der Waals surface area contributed by atoms with Crippen LogP contribution in [0.2, 0.25) is 0 Å². The molecular weight excluding hydrogens is 316 g/mol. The van der Waals surface area contributed by atoms with Crippen molar-refractivity contribution in [3.05, 3.63) is 25.3 Å². The maximum Gasteiger partial charge on any atom is 0.0968 e. The van der Waals surface area contributed by atoms with Crippen molar-refractivity contribution in [2.45, 2.75) is 79.1 Å². The van der Waals surface area contributed by atoms with Gasteiger partial charge in [0.2, 0.25) is 0 Å². The summed E-state index contributed by atoms with van der Waals surface area (Å²) in [5.74, 6) is 0. The van der Waals surface area contributed by atoms with E-state index in [4.69, 9.17) is 0 Å². The highest BCUT2D eigenvalue weighted by molar-refractivity contribution is 4.65. The van der Waals surface area contributed by atoms with Gasteiger partial charge >= 0.3 is 0 Å². The van der Waals surface area contributed by atoms with Gasteiger partial charge in [-0.2, -0.15) is 0 Å². The Bertz CT molecular complexity index is 326. The predicted octanol–water partition coefficient (Wildman–Crippen LogP) is 6.44. The van der Waals surface area contributed by atoms with Crippen LogP contribution in [0.3, 0.4) is 0 Å². The Morgan fingerprint density at radius 1 is 0.577 bits per heavy atom. The normalized spacial score (nSPS) is 15.3. The van der Waals surface area contributed by atoms with Crippen LogP contribution in [0.1, 0.15) is 79.1 Å². The van der Waals surface area contributed by atoms with Gasteiger partial charge in [0.1, 0.15) is 0 Å². The van der Waals surface area contributed by atoms with Crippen molar-refractivity contribution >= 4 is 0 Å². The SMILES string of the molecule is C=CC[N+](C)(CC)CCCC.C=CC[N+](C)(CC)CCCCCCCC. The molecule has 2 unspecified atom stereocenters. The van der Waals surface area contributed by atoms with Crippen LogP contribution in [0.25, 0.3) is 0 Å². The van der Waals surface area contributed by atoms with E-state index in [1.54, 1.807) is 0 Å². The van der Waals surface area contributed by atoms with Crippen LogP contribution in [0.4, 0.5) is 0 Å². The van der Waals surface area contributed by atoms with Gasteiger partial charge in [0.05, 0.1) is 53.4 Å². The lowest BCUT2D eigenvalue weighted by atomic mass is 10.1. The third-order valence-electron chi connectivity index (χ3n) is 5.77. The van der Waals surface area contributed by atoms with Crippen molar-refractivity contribution < 1.29 is 8.97 Å². The molecule has 0 aromatic carbocycles. The molecule has 2 nitrogen and oxygen atoms in total. The Kier molecular flexibility index (Phi) is 18.9. The van der Waals surface area contributed by atoms with E-state index >= 15 is 0 Å². The van der Waals surface area contributed by atoms with Crippen LogP contribution in [-0.2, 0) is 0 Å². The van der Waals surface area contributed by atoms with Crippen molar-refractivity contribution in [1.82, 2.24) is 0 Å². The molecule has 0 bridgehead atoms. The van der Waals surface area contributed by atoms with Crippen molar-refractivity contribution in [2.75, 3.05) is 53.4 Å². The highest BCUT2D eigenvalue weighted by Gasteiger charge is 2.16. The van der Waals surface area contributed by atoms with Gasteiger partial charge in [0, 0.05) is 0 Å². The molecule has 0 fully saturated rings. The summed E-state index contributed by atoms with van der Waals surface area (Å²) in [5.41, 5.74) is 0. The number of likely N-dealkylation sites (N-methyl/N-ethyl adjacent to an activating group) is 2. The molecule has 0 aromatic rings. The summed E-state index contributed by atoms with van der Waals surface area (Å²) in [6.07, 6.45) is 15.1. The highest BCUT2D eigenvalue weighted by atomic mass is 15.3. The molecule has 0 aliphatic carbocycles. The molecule has 0 aromatic heterocycles. The molecule has 0 saturated carbocycles. The van der Waals surface area contributed by atoms with E-state index in [0.717, 1.165) is 22.1 Å². The van der Waals surface area contributed by atoms with E-state index in [1.807, 2.05) is 6.08 Å². The highest BCUT2D eigenvalue weighted by Crippen LogP contribution is 2.09. The summed E-state index contributed by atoms with van der Waals surface area (Å²) < 4.78 is 2.31. The Hall–Kier alpha value is -0.600. The lowest BCUT2D eigenvalue weighted by molar-refractivity contribution is -0.902. The molecular formula is C24H52N2+2. The lowest BCUT2D eigenvalue weighted by Gasteiger charge is -2.32. The first kappa shape index (κ1) is 27.6. The molecule has 0 amide bonds. The van der Waals surface area contributed by atoms with E-state index in [0.29, 0.717) is 0 Å². The van der Waals surface area contributed by atoms with Crippen LogP contribution >= 0.6 is 0 Å². The maximum atomic E-state index is 3.85. The zero-order valence-electron chi connectivity index (χ0n) is 19.4. The molecule has 0 radical (unpaired) electrons. The van der Waals surface area contributed by atoms with E-state index in [9.17, 15) is 0 Å². The predicted molar refractivity (Wildman–Crippen MR) is 122 cm³/mol. The van der Waals surface area contributed by atoms with E-state index in [-0.39, 0.29) is 0 Å². The number of nitrogens with zero attached hydrogens (tertiary/aromatic N) is 2.